The van der Waals surface area contributed by atoms with Crippen molar-refractivity contribution in [1.82, 2.24) is 0 Å². The Kier molecular flexibility index (Phi) is 6.50. The van der Waals surface area contributed by atoms with E-state index in [-0.39, 0.29) is 22.9 Å². The molecule has 1 N–H and O–H groups in total. The number of carboxylic acid groups (broad SMARTS) is 1. The molecule has 0 bridgehead atoms. The lowest BCUT2D eigenvalue weighted by Gasteiger charge is -1.92. The van der Waals surface area contributed by atoms with Crippen molar-refractivity contribution in [3.8, 4) is 0 Å². The summed E-state index contributed by atoms with van der Waals surface area (Å²) in [7, 11) is 0. The fourth-order valence-electron chi connectivity index (χ4n) is 0.726. The summed E-state index contributed by atoms with van der Waals surface area (Å²) in [5.74, 6) is -0.934. The van der Waals surface area contributed by atoms with Gasteiger partial charge in [0.05, 0.1) is 16.4 Å². The Morgan fingerprint density at radius 3 is 2.00 bits per heavy atom. The van der Waals surface area contributed by atoms with E-state index >= 15 is 0 Å². The number of alkyl halides is 1. The zero-order valence-corrected chi connectivity index (χ0v) is 9.68. The first-order valence-corrected chi connectivity index (χ1v) is 4.95. The minimum Gasteiger partial charge on any atom is -0.478 e. The average Bonchev–Trinajstić information content (AvgIpc) is 2.29. The van der Waals surface area contributed by atoms with Crippen molar-refractivity contribution in [3.63, 3.8) is 0 Å². The molecule has 0 saturated carbocycles. The smallest absolute Gasteiger partial charge is 0.335 e. The van der Waals surface area contributed by atoms with Crippen LogP contribution in [0.4, 0.5) is 5.69 Å². The molecular formula is C10H10ClNO5. The maximum Gasteiger partial charge on any atom is 0.335 e. The highest BCUT2D eigenvalue weighted by molar-refractivity contribution is 6.27. The SMILES string of the molecule is CC(=O)CCl.O=C(O)c1ccc([N+](=O)[O-])cc1. The molecule has 1 aromatic carbocycles. The number of benzene rings is 1. The van der Waals surface area contributed by atoms with Gasteiger partial charge in [0, 0.05) is 12.1 Å². The third-order valence-electron chi connectivity index (χ3n) is 1.51. The molecule has 7 heteroatoms. The van der Waals surface area contributed by atoms with Crippen LogP contribution in [-0.4, -0.2) is 27.7 Å². The number of hydrogen-bond acceptors (Lipinski definition) is 4. The van der Waals surface area contributed by atoms with Crippen LogP contribution in [0.15, 0.2) is 24.3 Å². The second kappa shape index (κ2) is 7.34. The quantitative estimate of drug-likeness (QED) is 0.509. The monoisotopic (exact) mass is 259 g/mol. The van der Waals surface area contributed by atoms with E-state index in [0.717, 1.165) is 12.1 Å². The summed E-state index contributed by atoms with van der Waals surface area (Å²) in [4.78, 5) is 29.6. The first-order valence-electron chi connectivity index (χ1n) is 4.41. The van der Waals surface area contributed by atoms with Gasteiger partial charge in [-0.05, 0) is 19.1 Å². The van der Waals surface area contributed by atoms with Gasteiger partial charge in [0.15, 0.2) is 0 Å². The van der Waals surface area contributed by atoms with Crippen LogP contribution in [-0.2, 0) is 4.79 Å². The molecule has 0 fully saturated rings. The molecule has 0 spiro atoms. The number of carboxylic acids is 1. The third kappa shape index (κ3) is 6.26. The van der Waals surface area contributed by atoms with Crippen molar-refractivity contribution in [2.45, 2.75) is 6.92 Å². The highest BCUT2D eigenvalue weighted by atomic mass is 35.5. The van der Waals surface area contributed by atoms with Crippen LogP contribution in [0.3, 0.4) is 0 Å². The number of Topliss-reactive ketones (excluding diaryl/α,β-unsaturated/α-hetero) is 1. The fourth-order valence-corrected chi connectivity index (χ4v) is 0.726. The van der Waals surface area contributed by atoms with E-state index < -0.39 is 10.9 Å². The summed E-state index contributed by atoms with van der Waals surface area (Å²) in [6, 6.07) is 4.70. The molecule has 0 heterocycles. The fraction of sp³-hybridized carbons (Fsp3) is 0.200. The maximum absolute atomic E-state index is 10.3. The zero-order chi connectivity index (χ0) is 13.4. The molecule has 1 aromatic rings. The van der Waals surface area contributed by atoms with Crippen LogP contribution in [0.25, 0.3) is 0 Å². The van der Waals surface area contributed by atoms with E-state index in [1.165, 1.54) is 19.1 Å². The molecule has 0 unspecified atom stereocenters. The van der Waals surface area contributed by atoms with E-state index in [1.54, 1.807) is 0 Å². The second-order valence-corrected chi connectivity index (χ2v) is 3.21. The summed E-state index contributed by atoms with van der Waals surface area (Å²) in [5, 5.41) is 18.6. The molecule has 92 valence electrons. The number of carbonyl (C=O) groups excluding carboxylic acids is 1. The van der Waals surface area contributed by atoms with Crippen LogP contribution in [0.5, 0.6) is 0 Å². The molecule has 0 aliphatic rings. The van der Waals surface area contributed by atoms with E-state index in [9.17, 15) is 19.7 Å². The van der Waals surface area contributed by atoms with Gasteiger partial charge in [0.25, 0.3) is 5.69 Å². The Morgan fingerprint density at radius 1 is 1.35 bits per heavy atom. The lowest BCUT2D eigenvalue weighted by atomic mass is 10.2. The molecule has 1 rings (SSSR count). The molecule has 6 nitrogen and oxygen atoms in total. The number of aromatic carboxylic acids is 1. The Balaban J connectivity index is 0.000000437. The molecule has 0 amide bonds. The molecular weight excluding hydrogens is 250 g/mol. The first-order chi connectivity index (χ1) is 7.88. The van der Waals surface area contributed by atoms with Gasteiger partial charge in [0.1, 0.15) is 5.78 Å². The second-order valence-electron chi connectivity index (χ2n) is 2.94. The number of halogens is 1. The Hall–Kier alpha value is -1.95. The topological polar surface area (TPSA) is 97.5 Å². The number of nitrogens with zero attached hydrogens (tertiary/aromatic N) is 1. The minimum absolute atomic E-state index is 0.0201. The summed E-state index contributed by atoms with van der Waals surface area (Å²) in [6.45, 7) is 1.45. The van der Waals surface area contributed by atoms with Crippen molar-refractivity contribution >= 4 is 29.0 Å². The normalized spacial score (nSPS) is 8.82. The number of non-ortho nitro benzene ring substituents is 1. The van der Waals surface area contributed by atoms with E-state index in [2.05, 4.69) is 0 Å². The lowest BCUT2D eigenvalue weighted by Crippen LogP contribution is -1.96. The molecule has 0 radical (unpaired) electrons. The Morgan fingerprint density at radius 2 is 1.76 bits per heavy atom. The number of nitro benzene ring substituents is 1. The van der Waals surface area contributed by atoms with Crippen LogP contribution in [0, 0.1) is 10.1 Å². The summed E-state index contributed by atoms with van der Waals surface area (Å²) >= 11 is 4.99. The molecule has 17 heavy (non-hydrogen) atoms. The molecule has 0 atom stereocenters. The molecule has 0 aliphatic carbocycles. The number of ketones is 1. The standard InChI is InChI=1S/C7H5NO4.C3H5ClO/c9-7(10)5-1-3-6(4-2-5)8(11)12;1-3(5)2-4/h1-4H,(H,9,10);2H2,1H3. The summed E-state index contributed by atoms with van der Waals surface area (Å²) in [5.41, 5.74) is -0.0689. The summed E-state index contributed by atoms with van der Waals surface area (Å²) in [6.07, 6.45) is 0. The van der Waals surface area contributed by atoms with E-state index in [4.69, 9.17) is 16.7 Å². The van der Waals surface area contributed by atoms with Gasteiger partial charge in [-0.25, -0.2) is 4.79 Å². The number of carbonyl (C=O) groups is 2. The average molecular weight is 260 g/mol. The van der Waals surface area contributed by atoms with Gasteiger partial charge in [-0.1, -0.05) is 0 Å². The molecule has 0 aromatic heterocycles. The van der Waals surface area contributed by atoms with Gasteiger partial charge in [-0.15, -0.1) is 11.6 Å². The van der Waals surface area contributed by atoms with Gasteiger partial charge in [-0.3, -0.25) is 14.9 Å². The van der Waals surface area contributed by atoms with Crippen molar-refractivity contribution in [2.24, 2.45) is 0 Å². The maximum atomic E-state index is 10.3. The van der Waals surface area contributed by atoms with Gasteiger partial charge in [0.2, 0.25) is 0 Å². The van der Waals surface area contributed by atoms with Crippen molar-refractivity contribution in [3.05, 3.63) is 39.9 Å². The lowest BCUT2D eigenvalue weighted by molar-refractivity contribution is -0.384. The van der Waals surface area contributed by atoms with Crippen molar-refractivity contribution in [1.29, 1.82) is 0 Å². The van der Waals surface area contributed by atoms with E-state index in [1.807, 2.05) is 0 Å². The van der Waals surface area contributed by atoms with Gasteiger partial charge in [-0.2, -0.15) is 0 Å². The minimum atomic E-state index is -1.09. The van der Waals surface area contributed by atoms with Crippen LogP contribution in [0.1, 0.15) is 17.3 Å². The van der Waals surface area contributed by atoms with Crippen molar-refractivity contribution in [2.75, 3.05) is 5.88 Å². The molecule has 0 aliphatic heterocycles. The van der Waals surface area contributed by atoms with Gasteiger partial charge < -0.3 is 5.11 Å². The Labute approximate surface area is 102 Å². The first kappa shape index (κ1) is 15.0. The highest BCUT2D eigenvalue weighted by Gasteiger charge is 2.06. The van der Waals surface area contributed by atoms with Crippen LogP contribution >= 0.6 is 11.6 Å². The largest absolute Gasteiger partial charge is 0.478 e. The van der Waals surface area contributed by atoms with Gasteiger partial charge >= 0.3 is 5.97 Å². The number of nitro groups is 1. The van der Waals surface area contributed by atoms with E-state index in [0.29, 0.717) is 0 Å². The molecule has 0 saturated heterocycles. The highest BCUT2D eigenvalue weighted by Crippen LogP contribution is 2.11. The van der Waals surface area contributed by atoms with Crippen LogP contribution in [0.2, 0.25) is 0 Å². The summed E-state index contributed by atoms with van der Waals surface area (Å²) < 4.78 is 0. The Bertz CT molecular complexity index is 382. The van der Waals surface area contributed by atoms with Crippen LogP contribution < -0.4 is 0 Å². The zero-order valence-electron chi connectivity index (χ0n) is 8.92. The number of hydrogen-bond donors (Lipinski definition) is 1. The third-order valence-corrected chi connectivity index (χ3v) is 1.89. The number of rotatable bonds is 3. The predicted molar refractivity (Wildman–Crippen MR) is 61.5 cm³/mol. The van der Waals surface area contributed by atoms with Crippen molar-refractivity contribution < 1.29 is 19.6 Å². The predicted octanol–water partition coefficient (Wildman–Crippen LogP) is 2.11.